The number of nitrogens with zero attached hydrogens (tertiary/aromatic N) is 2. The van der Waals surface area contributed by atoms with E-state index in [4.69, 9.17) is 4.98 Å². The molecule has 2 N–H and O–H groups in total. The van der Waals surface area contributed by atoms with Gasteiger partial charge in [0.05, 0.1) is 24.2 Å². The zero-order chi connectivity index (χ0) is 25.9. The first-order valence-electron chi connectivity index (χ1n) is 11.4. The molecule has 0 fully saturated rings. The maximum absolute atomic E-state index is 13.7. The molecule has 0 amide bonds. The van der Waals surface area contributed by atoms with E-state index < -0.39 is 40.4 Å². The summed E-state index contributed by atoms with van der Waals surface area (Å²) in [7, 11) is -3.58. The van der Waals surface area contributed by atoms with Gasteiger partial charge in [-0.25, -0.2) is 17.8 Å². The van der Waals surface area contributed by atoms with E-state index in [0.717, 1.165) is 6.26 Å². The molecule has 190 valence electrons. The third-order valence-electron chi connectivity index (χ3n) is 5.85. The predicted octanol–water partition coefficient (Wildman–Crippen LogP) is -1.01. The number of anilines is 1. The molecule has 2 atom stereocenters. The summed E-state index contributed by atoms with van der Waals surface area (Å²) in [5, 5.41) is 30.9. The van der Waals surface area contributed by atoms with E-state index in [1.807, 2.05) is 13.8 Å². The van der Waals surface area contributed by atoms with Crippen LogP contribution in [0.4, 0.5) is 10.2 Å². The molecule has 8 nitrogen and oxygen atoms in total. The number of carbonyl (C=O) groups excluding carboxylic acids is 1. The number of pyridine rings is 1. The minimum atomic E-state index is -3.58. The zero-order valence-corrected chi connectivity index (χ0v) is 23.8. The van der Waals surface area contributed by atoms with Gasteiger partial charge in [0.25, 0.3) is 0 Å². The van der Waals surface area contributed by atoms with Crippen LogP contribution in [-0.2, 0) is 21.2 Å². The van der Waals surface area contributed by atoms with Crippen LogP contribution >= 0.6 is 0 Å². The number of aromatic nitrogens is 1. The number of carboxylic acids is 1. The Bertz CT molecular complexity index is 1220. The molecule has 0 spiro atoms. The number of hydrogen-bond acceptors (Lipinski definition) is 7. The van der Waals surface area contributed by atoms with Gasteiger partial charge in [-0.15, -0.1) is 0 Å². The number of aliphatic hydroxyl groups excluding tert-OH is 2. The van der Waals surface area contributed by atoms with Gasteiger partial charge in [-0.2, -0.15) is 0 Å². The molecule has 0 radical (unpaired) electrons. The molecule has 0 saturated carbocycles. The molecule has 11 heteroatoms. The number of sulfonamides is 1. The summed E-state index contributed by atoms with van der Waals surface area (Å²) < 4.78 is 40.1. The summed E-state index contributed by atoms with van der Waals surface area (Å²) >= 11 is 0. The molecule has 0 saturated heterocycles. The van der Waals surface area contributed by atoms with Crippen molar-refractivity contribution < 1.29 is 62.5 Å². The number of halogens is 1. The predicted molar refractivity (Wildman–Crippen MR) is 130 cm³/mol. The van der Waals surface area contributed by atoms with Crippen molar-refractivity contribution in [1.82, 2.24) is 4.98 Å². The second-order valence-electron chi connectivity index (χ2n) is 9.08. The summed E-state index contributed by atoms with van der Waals surface area (Å²) in [6.07, 6.45) is 2.16. The fourth-order valence-electron chi connectivity index (χ4n) is 4.31. The Kier molecular flexibility index (Phi) is 10.7. The first-order chi connectivity index (χ1) is 16.4. The number of carboxylic acid groups (broad SMARTS) is 1. The van der Waals surface area contributed by atoms with Crippen molar-refractivity contribution in [2.75, 3.05) is 17.1 Å². The normalized spacial score (nSPS) is 15.5. The van der Waals surface area contributed by atoms with Gasteiger partial charge in [0.1, 0.15) is 11.6 Å². The largest absolute Gasteiger partial charge is 1.00 e. The van der Waals surface area contributed by atoms with Gasteiger partial charge < -0.3 is 20.1 Å². The summed E-state index contributed by atoms with van der Waals surface area (Å²) in [5.41, 5.74) is 3.33. The molecule has 36 heavy (non-hydrogen) atoms. The van der Waals surface area contributed by atoms with E-state index in [2.05, 4.69) is 0 Å². The van der Waals surface area contributed by atoms with Gasteiger partial charge in [0.2, 0.25) is 10.0 Å². The maximum Gasteiger partial charge on any atom is 1.00 e. The van der Waals surface area contributed by atoms with E-state index >= 15 is 0 Å². The van der Waals surface area contributed by atoms with Crippen LogP contribution in [0.3, 0.4) is 0 Å². The Morgan fingerprint density at radius 3 is 2.44 bits per heavy atom. The molecule has 2 aromatic rings. The van der Waals surface area contributed by atoms with Gasteiger partial charge in [-0.1, -0.05) is 38.1 Å². The van der Waals surface area contributed by atoms with Crippen molar-refractivity contribution in [2.45, 2.75) is 57.7 Å². The topological polar surface area (TPSA) is 131 Å². The molecule has 1 aromatic carbocycles. The molecule has 2 heterocycles. The number of hydrogen-bond donors (Lipinski definition) is 2. The fraction of sp³-hybridized carbons (Fsp3) is 0.440. The molecule has 0 unspecified atom stereocenters. The summed E-state index contributed by atoms with van der Waals surface area (Å²) in [4.78, 5) is 15.4. The average Bonchev–Trinajstić information content (AvgIpc) is 2.75. The number of aliphatic carboxylic acids is 1. The third-order valence-corrected chi connectivity index (χ3v) is 7.00. The molecule has 0 aliphatic carbocycles. The molecule has 1 aromatic heterocycles. The van der Waals surface area contributed by atoms with Crippen molar-refractivity contribution in [3.8, 4) is 11.1 Å². The Hall–Kier alpha value is -1.82. The van der Waals surface area contributed by atoms with E-state index in [1.165, 1.54) is 22.5 Å². The molecular formula is C25H30FN2NaO6S. The SMILES string of the molecule is CC(C)c1nc2c(c(-c3ccc(F)cc3)c1/C=C/[C@@H](O)C[C@@H](O)CC(=O)[O-])CCCN2S(C)(=O)=O.[Na+]. The van der Waals surface area contributed by atoms with Gasteiger partial charge in [-0.05, 0) is 42.0 Å². The third kappa shape index (κ3) is 7.36. The van der Waals surface area contributed by atoms with Gasteiger partial charge in [0.15, 0.2) is 0 Å². The monoisotopic (exact) mass is 528 g/mol. The number of benzene rings is 1. The quantitative estimate of drug-likeness (QED) is 0.399. The van der Waals surface area contributed by atoms with E-state index in [1.54, 1.807) is 18.2 Å². The van der Waals surface area contributed by atoms with Crippen LogP contribution in [0.15, 0.2) is 30.3 Å². The van der Waals surface area contributed by atoms with Gasteiger partial charge in [0, 0.05) is 36.5 Å². The standard InChI is InChI=1S/C25H31FN2O6S.Na/c1-15(2)24-20(11-10-18(29)13-19(30)14-22(31)32)23(16-6-8-17(26)9-7-16)21-5-4-12-28(25(21)27-24)35(3,33)34;/h6-11,15,18-19,29-30H,4-5,12-14H2,1-3H3,(H,31,32);/q;+1/p-1/b11-10+;/t18-,19-;/m1./s1. The second-order valence-corrected chi connectivity index (χ2v) is 11.0. The molecule has 1 aliphatic rings. The van der Waals surface area contributed by atoms with Gasteiger partial charge >= 0.3 is 29.6 Å². The average molecular weight is 529 g/mol. The Morgan fingerprint density at radius 2 is 1.89 bits per heavy atom. The number of rotatable bonds is 9. The van der Waals surface area contributed by atoms with Crippen molar-refractivity contribution in [2.24, 2.45) is 0 Å². The summed E-state index contributed by atoms with van der Waals surface area (Å²) in [6, 6.07) is 5.89. The van der Waals surface area contributed by atoms with Crippen LogP contribution in [-0.4, -0.2) is 54.6 Å². The first kappa shape index (κ1) is 30.4. The minimum Gasteiger partial charge on any atom is -0.550 e. The first-order valence-corrected chi connectivity index (χ1v) is 13.3. The minimum absolute atomic E-state index is 0. The van der Waals surface area contributed by atoms with Crippen LogP contribution in [0.25, 0.3) is 17.2 Å². The van der Waals surface area contributed by atoms with Crippen LogP contribution < -0.4 is 39.0 Å². The Balaban J connectivity index is 0.00000456. The summed E-state index contributed by atoms with van der Waals surface area (Å²) in [5.74, 6) is -1.59. The second kappa shape index (κ2) is 12.6. The maximum atomic E-state index is 13.7. The van der Waals surface area contributed by atoms with Crippen molar-refractivity contribution >= 4 is 27.9 Å². The van der Waals surface area contributed by atoms with Crippen LogP contribution in [0.2, 0.25) is 0 Å². The molecule has 0 bridgehead atoms. The Labute approximate surface area is 233 Å². The Morgan fingerprint density at radius 1 is 1.25 bits per heavy atom. The van der Waals surface area contributed by atoms with Crippen molar-refractivity contribution in [3.63, 3.8) is 0 Å². The number of aliphatic hydroxyl groups is 2. The van der Waals surface area contributed by atoms with Gasteiger partial charge in [-0.3, -0.25) is 4.31 Å². The smallest absolute Gasteiger partial charge is 0.550 e. The molecule has 1 aliphatic heterocycles. The number of fused-ring (bicyclic) bond motifs is 1. The van der Waals surface area contributed by atoms with Crippen molar-refractivity contribution in [3.05, 3.63) is 53.0 Å². The van der Waals surface area contributed by atoms with E-state index in [9.17, 15) is 32.9 Å². The fourth-order valence-corrected chi connectivity index (χ4v) is 5.24. The summed E-state index contributed by atoms with van der Waals surface area (Å²) in [6.45, 7) is 4.13. The van der Waals surface area contributed by atoms with Crippen LogP contribution in [0.5, 0.6) is 0 Å². The van der Waals surface area contributed by atoms with Crippen molar-refractivity contribution in [1.29, 1.82) is 0 Å². The van der Waals surface area contributed by atoms with E-state index in [0.29, 0.717) is 53.2 Å². The molecular weight excluding hydrogens is 498 g/mol. The van der Waals surface area contributed by atoms with E-state index in [-0.39, 0.29) is 41.9 Å². The zero-order valence-electron chi connectivity index (χ0n) is 20.9. The number of carbonyl (C=O) groups is 1. The van der Waals surface area contributed by atoms with Crippen LogP contribution in [0, 0.1) is 5.82 Å². The van der Waals surface area contributed by atoms with Crippen LogP contribution in [0.1, 0.15) is 55.8 Å². The molecule has 3 rings (SSSR count).